The molecule has 2 atom stereocenters. The maximum Gasteiger partial charge on any atom is 0.0580 e. The van der Waals surface area contributed by atoms with Crippen molar-refractivity contribution in [2.75, 3.05) is 6.54 Å². The Labute approximate surface area is 114 Å². The van der Waals surface area contributed by atoms with Crippen molar-refractivity contribution in [2.24, 2.45) is 5.92 Å². The van der Waals surface area contributed by atoms with Crippen molar-refractivity contribution < 1.29 is 5.11 Å². The Bertz CT molecular complexity index is 361. The number of hydrogen-bond donors (Lipinski definition) is 1. The van der Waals surface area contributed by atoms with E-state index in [1.54, 1.807) is 0 Å². The summed E-state index contributed by atoms with van der Waals surface area (Å²) >= 11 is 1.86. The van der Waals surface area contributed by atoms with Crippen LogP contribution in [-0.4, -0.2) is 28.7 Å². The number of aliphatic hydroxyl groups is 1. The molecule has 100 valence electrons. The number of rotatable bonds is 5. The molecule has 2 fully saturated rings. The lowest BCUT2D eigenvalue weighted by atomic mass is 9.86. The average Bonchev–Trinajstić information content (AvgIpc) is 3.10. The van der Waals surface area contributed by atoms with Crippen molar-refractivity contribution in [2.45, 2.75) is 57.2 Å². The molecule has 2 aliphatic rings. The maximum atomic E-state index is 10.1. The standard InChI is InChI=1S/C15H23NOS/c17-15-6-2-1-4-12(15)10-16(13-7-8-13)11-14-5-3-9-18-14/h3,5,9,12-13,15,17H,1-2,4,6-8,10-11H2. The summed E-state index contributed by atoms with van der Waals surface area (Å²) in [5, 5.41) is 12.3. The Morgan fingerprint density at radius 1 is 1.22 bits per heavy atom. The molecule has 2 saturated carbocycles. The molecule has 0 saturated heterocycles. The van der Waals surface area contributed by atoms with E-state index in [-0.39, 0.29) is 6.10 Å². The van der Waals surface area contributed by atoms with E-state index in [2.05, 4.69) is 22.4 Å². The monoisotopic (exact) mass is 265 g/mol. The molecular formula is C15H23NOS. The number of nitrogens with zero attached hydrogens (tertiary/aromatic N) is 1. The molecule has 0 radical (unpaired) electrons. The average molecular weight is 265 g/mol. The van der Waals surface area contributed by atoms with Crippen molar-refractivity contribution in [1.29, 1.82) is 0 Å². The van der Waals surface area contributed by atoms with Crippen LogP contribution >= 0.6 is 11.3 Å². The van der Waals surface area contributed by atoms with E-state index in [1.165, 1.54) is 37.0 Å². The van der Waals surface area contributed by atoms with Gasteiger partial charge >= 0.3 is 0 Å². The second kappa shape index (κ2) is 5.72. The molecule has 1 N–H and O–H groups in total. The molecule has 0 bridgehead atoms. The molecule has 0 aliphatic heterocycles. The van der Waals surface area contributed by atoms with Gasteiger partial charge in [0.25, 0.3) is 0 Å². The van der Waals surface area contributed by atoms with Crippen LogP contribution in [0.4, 0.5) is 0 Å². The fourth-order valence-electron chi connectivity index (χ4n) is 3.09. The Balaban J connectivity index is 1.59. The third-order valence-corrected chi connectivity index (χ3v) is 5.20. The summed E-state index contributed by atoms with van der Waals surface area (Å²) in [4.78, 5) is 4.08. The quantitative estimate of drug-likeness (QED) is 0.883. The first-order chi connectivity index (χ1) is 8.83. The van der Waals surface area contributed by atoms with E-state index in [9.17, 15) is 5.11 Å². The first-order valence-electron chi connectivity index (χ1n) is 7.27. The van der Waals surface area contributed by atoms with Gasteiger partial charge in [0.1, 0.15) is 0 Å². The molecule has 1 aromatic heterocycles. The first-order valence-corrected chi connectivity index (χ1v) is 8.15. The third-order valence-electron chi connectivity index (χ3n) is 4.34. The van der Waals surface area contributed by atoms with Gasteiger partial charge < -0.3 is 5.11 Å². The molecule has 2 unspecified atom stereocenters. The Morgan fingerprint density at radius 3 is 2.72 bits per heavy atom. The molecule has 3 heteroatoms. The molecular weight excluding hydrogens is 242 g/mol. The molecule has 0 spiro atoms. The number of thiophene rings is 1. The smallest absolute Gasteiger partial charge is 0.0580 e. The van der Waals surface area contributed by atoms with Crippen LogP contribution in [0.1, 0.15) is 43.4 Å². The minimum absolute atomic E-state index is 0.0525. The van der Waals surface area contributed by atoms with Crippen LogP contribution in [0.15, 0.2) is 17.5 Å². The van der Waals surface area contributed by atoms with Crippen molar-refractivity contribution >= 4 is 11.3 Å². The summed E-state index contributed by atoms with van der Waals surface area (Å²) in [6.07, 6.45) is 7.41. The topological polar surface area (TPSA) is 23.5 Å². The highest BCUT2D eigenvalue weighted by molar-refractivity contribution is 7.09. The summed E-state index contributed by atoms with van der Waals surface area (Å²) in [7, 11) is 0. The minimum atomic E-state index is -0.0525. The van der Waals surface area contributed by atoms with E-state index in [1.807, 2.05) is 11.3 Å². The summed E-state index contributed by atoms with van der Waals surface area (Å²) < 4.78 is 0. The van der Waals surface area contributed by atoms with Gasteiger partial charge in [0, 0.05) is 24.0 Å². The van der Waals surface area contributed by atoms with Crippen LogP contribution in [0, 0.1) is 5.92 Å². The fraction of sp³-hybridized carbons (Fsp3) is 0.733. The van der Waals surface area contributed by atoms with Crippen LogP contribution in [0.25, 0.3) is 0 Å². The lowest BCUT2D eigenvalue weighted by Crippen LogP contribution is -2.37. The number of aliphatic hydroxyl groups excluding tert-OH is 1. The van der Waals surface area contributed by atoms with Gasteiger partial charge in [-0.3, -0.25) is 4.90 Å². The highest BCUT2D eigenvalue weighted by atomic mass is 32.1. The maximum absolute atomic E-state index is 10.1. The highest BCUT2D eigenvalue weighted by Gasteiger charge is 2.33. The largest absolute Gasteiger partial charge is 0.393 e. The molecule has 2 nitrogen and oxygen atoms in total. The Hall–Kier alpha value is -0.380. The van der Waals surface area contributed by atoms with E-state index < -0.39 is 0 Å². The zero-order valence-corrected chi connectivity index (χ0v) is 11.7. The van der Waals surface area contributed by atoms with E-state index in [4.69, 9.17) is 0 Å². The molecule has 0 aromatic carbocycles. The highest BCUT2D eigenvalue weighted by Crippen LogP contribution is 2.33. The van der Waals surface area contributed by atoms with Gasteiger partial charge in [-0.2, -0.15) is 0 Å². The second-order valence-corrected chi connectivity index (χ2v) is 6.88. The lowest BCUT2D eigenvalue weighted by Gasteiger charge is -2.33. The van der Waals surface area contributed by atoms with E-state index in [0.29, 0.717) is 5.92 Å². The predicted molar refractivity (Wildman–Crippen MR) is 75.7 cm³/mol. The van der Waals surface area contributed by atoms with Crippen molar-refractivity contribution in [3.05, 3.63) is 22.4 Å². The normalized spacial score (nSPS) is 28.8. The van der Waals surface area contributed by atoms with Crippen molar-refractivity contribution in [3.63, 3.8) is 0 Å². The van der Waals surface area contributed by atoms with Gasteiger partial charge in [-0.15, -0.1) is 11.3 Å². The molecule has 1 heterocycles. The van der Waals surface area contributed by atoms with Gasteiger partial charge in [-0.05, 0) is 43.0 Å². The molecule has 3 rings (SSSR count). The summed E-state index contributed by atoms with van der Waals surface area (Å²) in [6, 6.07) is 5.17. The zero-order valence-electron chi connectivity index (χ0n) is 10.9. The number of hydrogen-bond acceptors (Lipinski definition) is 3. The van der Waals surface area contributed by atoms with Crippen molar-refractivity contribution in [3.8, 4) is 0 Å². The van der Waals surface area contributed by atoms with Crippen LogP contribution in [0.2, 0.25) is 0 Å². The van der Waals surface area contributed by atoms with Crippen LogP contribution in [0.5, 0.6) is 0 Å². The van der Waals surface area contributed by atoms with Crippen LogP contribution in [-0.2, 0) is 6.54 Å². The molecule has 1 aromatic rings. The van der Waals surface area contributed by atoms with Crippen LogP contribution in [0.3, 0.4) is 0 Å². The Kier molecular flexibility index (Phi) is 4.02. The molecule has 18 heavy (non-hydrogen) atoms. The van der Waals surface area contributed by atoms with Gasteiger partial charge in [-0.1, -0.05) is 18.9 Å². The molecule has 0 amide bonds. The van der Waals surface area contributed by atoms with E-state index >= 15 is 0 Å². The SMILES string of the molecule is OC1CCCCC1CN(Cc1cccs1)C1CC1. The Morgan fingerprint density at radius 2 is 2.06 bits per heavy atom. The lowest BCUT2D eigenvalue weighted by molar-refractivity contribution is 0.0430. The van der Waals surface area contributed by atoms with Crippen molar-refractivity contribution in [1.82, 2.24) is 4.90 Å². The molecule has 2 aliphatic carbocycles. The fourth-order valence-corrected chi connectivity index (χ4v) is 3.82. The van der Waals surface area contributed by atoms with Gasteiger partial charge in [0.15, 0.2) is 0 Å². The van der Waals surface area contributed by atoms with E-state index in [0.717, 1.165) is 25.6 Å². The van der Waals surface area contributed by atoms with Gasteiger partial charge in [-0.25, -0.2) is 0 Å². The first kappa shape index (κ1) is 12.6. The summed E-state index contributed by atoms with van der Waals surface area (Å²) in [5.74, 6) is 0.513. The zero-order chi connectivity index (χ0) is 12.4. The third kappa shape index (κ3) is 3.14. The predicted octanol–water partition coefficient (Wildman–Crippen LogP) is 3.26. The summed E-state index contributed by atoms with van der Waals surface area (Å²) in [6.45, 7) is 2.19. The summed E-state index contributed by atoms with van der Waals surface area (Å²) in [5.41, 5.74) is 0. The second-order valence-electron chi connectivity index (χ2n) is 5.85. The van der Waals surface area contributed by atoms with Crippen LogP contribution < -0.4 is 0 Å². The minimum Gasteiger partial charge on any atom is -0.393 e. The van der Waals surface area contributed by atoms with Gasteiger partial charge in [0.2, 0.25) is 0 Å². The van der Waals surface area contributed by atoms with Gasteiger partial charge in [0.05, 0.1) is 6.10 Å².